The number of cyclic esters (lactones) is 1. The summed E-state index contributed by atoms with van der Waals surface area (Å²) in [5.74, 6) is 0.776. The summed E-state index contributed by atoms with van der Waals surface area (Å²) in [5, 5.41) is 9.92. The Kier molecular flexibility index (Phi) is 7.11. The van der Waals surface area contributed by atoms with Crippen molar-refractivity contribution in [3.05, 3.63) is 23.8 Å². The van der Waals surface area contributed by atoms with E-state index in [1.54, 1.807) is 0 Å². The summed E-state index contributed by atoms with van der Waals surface area (Å²) >= 11 is 0. The third-order valence-electron chi connectivity index (χ3n) is 7.35. The van der Waals surface area contributed by atoms with E-state index in [1.165, 1.54) is 5.57 Å². The average molecular weight is 419 g/mol. The van der Waals surface area contributed by atoms with Crippen LogP contribution in [0.2, 0.25) is 0 Å². The first-order chi connectivity index (χ1) is 14.1. The Morgan fingerprint density at radius 1 is 1.27 bits per heavy atom. The molecule has 2 aliphatic carbocycles. The molecule has 0 aromatic heterocycles. The fraction of sp³-hybridized carbons (Fsp3) is 0.760. The van der Waals surface area contributed by atoms with E-state index in [-0.39, 0.29) is 36.5 Å². The molecule has 30 heavy (non-hydrogen) atoms. The van der Waals surface area contributed by atoms with Gasteiger partial charge < -0.3 is 14.6 Å². The van der Waals surface area contributed by atoms with E-state index >= 15 is 0 Å². The fourth-order valence-corrected chi connectivity index (χ4v) is 5.08. The van der Waals surface area contributed by atoms with Crippen LogP contribution in [0.4, 0.5) is 0 Å². The number of ether oxygens (including phenoxy) is 2. The summed E-state index contributed by atoms with van der Waals surface area (Å²) in [7, 11) is 0. The number of carbonyl (C=O) groups excluding carboxylic acids is 2. The number of rotatable bonds is 6. The minimum atomic E-state index is -0.601. The fourth-order valence-electron chi connectivity index (χ4n) is 5.08. The molecule has 5 nitrogen and oxygen atoms in total. The Hall–Kier alpha value is -1.62. The number of aliphatic hydroxyl groups excluding tert-OH is 1. The number of hydrogen-bond acceptors (Lipinski definition) is 5. The van der Waals surface area contributed by atoms with Crippen molar-refractivity contribution in [2.75, 3.05) is 0 Å². The van der Waals surface area contributed by atoms with E-state index in [0.717, 1.165) is 25.7 Å². The first-order valence-corrected chi connectivity index (χ1v) is 11.6. The molecule has 7 atom stereocenters. The topological polar surface area (TPSA) is 72.8 Å². The van der Waals surface area contributed by atoms with Gasteiger partial charge in [0.1, 0.15) is 12.2 Å². The van der Waals surface area contributed by atoms with Crippen molar-refractivity contribution in [1.82, 2.24) is 0 Å². The molecule has 0 aromatic carbocycles. The van der Waals surface area contributed by atoms with Crippen LogP contribution in [0.5, 0.6) is 0 Å². The smallest absolute Gasteiger partial charge is 0.311 e. The van der Waals surface area contributed by atoms with Crippen molar-refractivity contribution in [1.29, 1.82) is 0 Å². The second kappa shape index (κ2) is 9.25. The molecule has 1 N–H and O–H groups in total. The van der Waals surface area contributed by atoms with Gasteiger partial charge in [0.05, 0.1) is 17.9 Å². The van der Waals surface area contributed by atoms with Crippen LogP contribution in [-0.2, 0) is 19.1 Å². The van der Waals surface area contributed by atoms with Gasteiger partial charge in [-0.05, 0) is 62.9 Å². The first-order valence-electron chi connectivity index (χ1n) is 11.6. The maximum Gasteiger partial charge on any atom is 0.311 e. The molecule has 168 valence electrons. The lowest BCUT2D eigenvalue weighted by Gasteiger charge is -2.44. The van der Waals surface area contributed by atoms with Crippen LogP contribution in [0.15, 0.2) is 23.8 Å². The van der Waals surface area contributed by atoms with Gasteiger partial charge in [0.2, 0.25) is 0 Å². The van der Waals surface area contributed by atoms with Gasteiger partial charge in [-0.2, -0.15) is 0 Å². The highest BCUT2D eigenvalue weighted by Crippen LogP contribution is 2.45. The van der Waals surface area contributed by atoms with Crippen LogP contribution >= 0.6 is 0 Å². The van der Waals surface area contributed by atoms with Crippen LogP contribution in [0, 0.1) is 29.1 Å². The van der Waals surface area contributed by atoms with Crippen molar-refractivity contribution < 1.29 is 24.2 Å². The molecule has 1 unspecified atom stereocenters. The highest BCUT2D eigenvalue weighted by Gasteiger charge is 2.43. The van der Waals surface area contributed by atoms with E-state index in [4.69, 9.17) is 9.47 Å². The van der Waals surface area contributed by atoms with E-state index < -0.39 is 11.5 Å². The Bertz CT molecular complexity index is 706. The largest absolute Gasteiger partial charge is 0.462 e. The average Bonchev–Trinajstić information content (AvgIpc) is 2.66. The van der Waals surface area contributed by atoms with Gasteiger partial charge in [0.25, 0.3) is 0 Å². The predicted octanol–water partition coefficient (Wildman–Crippen LogP) is 4.59. The molecule has 0 amide bonds. The summed E-state index contributed by atoms with van der Waals surface area (Å²) < 4.78 is 11.6. The lowest BCUT2D eigenvalue weighted by atomic mass is 9.65. The van der Waals surface area contributed by atoms with Gasteiger partial charge in [-0.15, -0.1) is 0 Å². The number of aliphatic hydroxyl groups is 1. The zero-order valence-electron chi connectivity index (χ0n) is 19.1. The molecule has 1 heterocycles. The molecule has 0 spiro atoms. The standard InChI is InChI=1S/C25H38O5/c1-6-25(4,5)24(28)30-21-12-15(2)11-17-8-7-16(3)20(23(17)21)10-9-19-13-18(26)14-22(27)29-19/h7-8,11,15-16,18-21,23,26H,6,9-10,12-14H2,1-5H3/t15-,16-,18+,19+,20-,21?,23-/m0/s1. The maximum atomic E-state index is 12.9. The second-order valence-corrected chi connectivity index (χ2v) is 10.3. The molecular formula is C25H38O5. The summed E-state index contributed by atoms with van der Waals surface area (Å²) in [6.07, 6.45) is 9.61. The van der Waals surface area contributed by atoms with E-state index in [9.17, 15) is 14.7 Å². The SMILES string of the molecule is CCC(C)(C)C(=O)OC1C[C@@H](C)C=C2C=C[C@H](C)[C@H](CC[C@@H]3C[C@@H](O)CC(=O)O3)[C@H]21. The second-order valence-electron chi connectivity index (χ2n) is 10.3. The highest BCUT2D eigenvalue weighted by molar-refractivity contribution is 5.76. The summed E-state index contributed by atoms with van der Waals surface area (Å²) in [5.41, 5.74) is 0.785. The molecule has 1 fully saturated rings. The van der Waals surface area contributed by atoms with Gasteiger partial charge >= 0.3 is 11.9 Å². The quantitative estimate of drug-likeness (QED) is 0.639. The van der Waals surface area contributed by atoms with Crippen molar-refractivity contribution in [3.63, 3.8) is 0 Å². The van der Waals surface area contributed by atoms with Gasteiger partial charge in [0, 0.05) is 12.3 Å². The van der Waals surface area contributed by atoms with Gasteiger partial charge in [-0.1, -0.05) is 39.0 Å². The zero-order chi connectivity index (χ0) is 22.1. The predicted molar refractivity (Wildman–Crippen MR) is 115 cm³/mol. The molecule has 5 heteroatoms. The third-order valence-corrected chi connectivity index (χ3v) is 7.35. The Balaban J connectivity index is 1.76. The van der Waals surface area contributed by atoms with Gasteiger partial charge in [0.15, 0.2) is 0 Å². The summed E-state index contributed by atoms with van der Waals surface area (Å²) in [4.78, 5) is 24.6. The normalized spacial score (nSPS) is 36.5. The molecule has 0 bridgehead atoms. The third kappa shape index (κ3) is 5.16. The Morgan fingerprint density at radius 2 is 2.00 bits per heavy atom. The summed E-state index contributed by atoms with van der Waals surface area (Å²) in [6.45, 7) is 10.3. The molecule has 0 aromatic rings. The zero-order valence-corrected chi connectivity index (χ0v) is 19.1. The van der Waals surface area contributed by atoms with Crippen molar-refractivity contribution in [3.8, 4) is 0 Å². The minimum absolute atomic E-state index is 0.0949. The number of esters is 2. The van der Waals surface area contributed by atoms with Crippen LogP contribution < -0.4 is 0 Å². The Labute approximate surface area is 180 Å². The van der Waals surface area contributed by atoms with E-state index in [2.05, 4.69) is 32.1 Å². The molecule has 1 aliphatic heterocycles. The molecule has 3 aliphatic rings. The molecule has 3 rings (SSSR count). The number of carbonyl (C=O) groups is 2. The van der Waals surface area contributed by atoms with Crippen molar-refractivity contribution >= 4 is 11.9 Å². The number of fused-ring (bicyclic) bond motifs is 1. The number of allylic oxidation sites excluding steroid dienone is 3. The van der Waals surface area contributed by atoms with Crippen molar-refractivity contribution in [2.24, 2.45) is 29.1 Å². The molecular weight excluding hydrogens is 380 g/mol. The van der Waals surface area contributed by atoms with Crippen molar-refractivity contribution in [2.45, 2.75) is 91.5 Å². The highest BCUT2D eigenvalue weighted by atomic mass is 16.6. The van der Waals surface area contributed by atoms with Crippen LogP contribution in [0.1, 0.15) is 73.1 Å². The summed E-state index contributed by atoms with van der Waals surface area (Å²) in [6, 6.07) is 0. The number of hydrogen-bond donors (Lipinski definition) is 1. The van der Waals surface area contributed by atoms with E-state index in [0.29, 0.717) is 24.2 Å². The van der Waals surface area contributed by atoms with Gasteiger partial charge in [-0.25, -0.2) is 0 Å². The molecule has 0 saturated carbocycles. The first kappa shape index (κ1) is 23.1. The van der Waals surface area contributed by atoms with Crippen LogP contribution in [0.25, 0.3) is 0 Å². The van der Waals surface area contributed by atoms with Crippen LogP contribution in [0.3, 0.4) is 0 Å². The van der Waals surface area contributed by atoms with E-state index in [1.807, 2.05) is 20.8 Å². The molecule has 0 radical (unpaired) electrons. The maximum absolute atomic E-state index is 12.9. The van der Waals surface area contributed by atoms with Gasteiger partial charge in [-0.3, -0.25) is 9.59 Å². The molecule has 1 saturated heterocycles. The lowest BCUT2D eigenvalue weighted by Crippen LogP contribution is -2.43. The minimum Gasteiger partial charge on any atom is -0.462 e. The monoisotopic (exact) mass is 418 g/mol. The Morgan fingerprint density at radius 3 is 2.67 bits per heavy atom. The van der Waals surface area contributed by atoms with Crippen LogP contribution in [-0.4, -0.2) is 35.4 Å². The lowest BCUT2D eigenvalue weighted by molar-refractivity contribution is -0.166.